The predicted octanol–water partition coefficient (Wildman–Crippen LogP) is 2.88. The molecule has 0 aliphatic carbocycles. The average molecular weight is 227 g/mol. The quantitative estimate of drug-likeness (QED) is 0.757. The standard InChI is InChI=1S/C14H13NO2/c1-10-3-5-12(8-15-10)13-7-11(9-16)4-6-14(13)17-2/h3-9H,1-2H3. The lowest BCUT2D eigenvalue weighted by atomic mass is 10.0. The Labute approximate surface area is 100 Å². The van der Waals surface area contributed by atoms with Crippen LogP contribution in [0.2, 0.25) is 0 Å². The molecule has 3 heteroatoms. The number of aldehydes is 1. The van der Waals surface area contributed by atoms with Gasteiger partial charge in [-0.2, -0.15) is 0 Å². The average Bonchev–Trinajstić information content (AvgIpc) is 2.39. The number of pyridine rings is 1. The number of hydrogen-bond donors (Lipinski definition) is 0. The third-order valence-corrected chi connectivity index (χ3v) is 2.58. The van der Waals surface area contributed by atoms with Gasteiger partial charge in [-0.05, 0) is 31.2 Å². The van der Waals surface area contributed by atoms with E-state index in [0.29, 0.717) is 5.56 Å². The van der Waals surface area contributed by atoms with Crippen LogP contribution in [0.4, 0.5) is 0 Å². The smallest absolute Gasteiger partial charge is 0.150 e. The van der Waals surface area contributed by atoms with E-state index in [1.54, 1.807) is 31.5 Å². The van der Waals surface area contributed by atoms with Crippen LogP contribution in [0, 0.1) is 6.92 Å². The number of rotatable bonds is 3. The van der Waals surface area contributed by atoms with Gasteiger partial charge in [-0.25, -0.2) is 0 Å². The van der Waals surface area contributed by atoms with E-state index in [2.05, 4.69) is 4.98 Å². The van der Waals surface area contributed by atoms with E-state index in [1.807, 2.05) is 19.1 Å². The summed E-state index contributed by atoms with van der Waals surface area (Å²) >= 11 is 0. The minimum atomic E-state index is 0.626. The van der Waals surface area contributed by atoms with Crippen LogP contribution in [0.3, 0.4) is 0 Å². The van der Waals surface area contributed by atoms with Crippen molar-refractivity contribution < 1.29 is 9.53 Å². The van der Waals surface area contributed by atoms with E-state index >= 15 is 0 Å². The van der Waals surface area contributed by atoms with Gasteiger partial charge in [0.2, 0.25) is 0 Å². The van der Waals surface area contributed by atoms with Crippen LogP contribution in [-0.2, 0) is 0 Å². The molecular formula is C14H13NO2. The van der Waals surface area contributed by atoms with Crippen LogP contribution < -0.4 is 4.74 Å². The summed E-state index contributed by atoms with van der Waals surface area (Å²) in [5.74, 6) is 0.737. The lowest BCUT2D eigenvalue weighted by Crippen LogP contribution is -1.91. The predicted molar refractivity (Wildman–Crippen MR) is 66.3 cm³/mol. The highest BCUT2D eigenvalue weighted by Gasteiger charge is 2.07. The highest BCUT2D eigenvalue weighted by atomic mass is 16.5. The first-order valence-electron chi connectivity index (χ1n) is 5.31. The lowest BCUT2D eigenvalue weighted by Gasteiger charge is -2.09. The van der Waals surface area contributed by atoms with Gasteiger partial charge in [0.1, 0.15) is 12.0 Å². The van der Waals surface area contributed by atoms with E-state index in [9.17, 15) is 4.79 Å². The first-order valence-corrected chi connectivity index (χ1v) is 5.31. The molecule has 1 heterocycles. The molecule has 0 fully saturated rings. The number of nitrogens with zero attached hydrogens (tertiary/aromatic N) is 1. The minimum Gasteiger partial charge on any atom is -0.496 e. The summed E-state index contributed by atoms with van der Waals surface area (Å²) in [6, 6.07) is 9.23. The number of methoxy groups -OCH3 is 1. The fraction of sp³-hybridized carbons (Fsp3) is 0.143. The summed E-state index contributed by atoms with van der Waals surface area (Å²) in [6.07, 6.45) is 2.60. The summed E-state index contributed by atoms with van der Waals surface area (Å²) in [5.41, 5.74) is 3.40. The summed E-state index contributed by atoms with van der Waals surface area (Å²) in [6.45, 7) is 1.93. The lowest BCUT2D eigenvalue weighted by molar-refractivity contribution is 0.112. The van der Waals surface area contributed by atoms with Crippen molar-refractivity contribution in [2.45, 2.75) is 6.92 Å². The normalized spacial score (nSPS) is 10.0. The van der Waals surface area contributed by atoms with Crippen LogP contribution in [0.25, 0.3) is 11.1 Å². The molecule has 0 saturated heterocycles. The van der Waals surface area contributed by atoms with Crippen molar-refractivity contribution in [2.75, 3.05) is 7.11 Å². The molecule has 0 amide bonds. The Balaban J connectivity index is 2.55. The van der Waals surface area contributed by atoms with Crippen molar-refractivity contribution in [3.05, 3.63) is 47.8 Å². The van der Waals surface area contributed by atoms with Crippen molar-refractivity contribution >= 4 is 6.29 Å². The minimum absolute atomic E-state index is 0.626. The van der Waals surface area contributed by atoms with Gasteiger partial charge in [0.25, 0.3) is 0 Å². The summed E-state index contributed by atoms with van der Waals surface area (Å²) < 4.78 is 5.29. The van der Waals surface area contributed by atoms with E-state index in [-0.39, 0.29) is 0 Å². The van der Waals surface area contributed by atoms with Crippen LogP contribution >= 0.6 is 0 Å². The first kappa shape index (κ1) is 11.3. The molecule has 0 saturated carbocycles. The van der Waals surface area contributed by atoms with Crippen LogP contribution in [0.5, 0.6) is 5.75 Å². The maximum Gasteiger partial charge on any atom is 0.150 e. The van der Waals surface area contributed by atoms with E-state index in [1.165, 1.54) is 0 Å². The fourth-order valence-electron chi connectivity index (χ4n) is 1.65. The highest BCUT2D eigenvalue weighted by Crippen LogP contribution is 2.30. The molecule has 2 aromatic rings. The summed E-state index contributed by atoms with van der Waals surface area (Å²) in [7, 11) is 1.61. The number of carbonyl (C=O) groups is 1. The number of aryl methyl sites for hydroxylation is 1. The molecule has 0 spiro atoms. The maximum atomic E-state index is 10.8. The molecule has 0 N–H and O–H groups in total. The van der Waals surface area contributed by atoms with Crippen LogP contribution in [0.1, 0.15) is 16.1 Å². The van der Waals surface area contributed by atoms with Crippen LogP contribution in [0.15, 0.2) is 36.5 Å². The number of aromatic nitrogens is 1. The Kier molecular flexibility index (Phi) is 3.19. The largest absolute Gasteiger partial charge is 0.496 e. The number of ether oxygens (including phenoxy) is 1. The molecule has 17 heavy (non-hydrogen) atoms. The SMILES string of the molecule is COc1ccc(C=O)cc1-c1ccc(C)nc1. The van der Waals surface area contributed by atoms with Gasteiger partial charge >= 0.3 is 0 Å². The molecule has 2 rings (SSSR count). The van der Waals surface area contributed by atoms with Crippen molar-refractivity contribution in [3.8, 4) is 16.9 Å². The van der Waals surface area contributed by atoms with Crippen LogP contribution in [-0.4, -0.2) is 18.4 Å². The Hall–Kier alpha value is -2.16. The van der Waals surface area contributed by atoms with Crippen molar-refractivity contribution in [2.24, 2.45) is 0 Å². The van der Waals surface area contributed by atoms with Gasteiger partial charge in [0.05, 0.1) is 7.11 Å². The van der Waals surface area contributed by atoms with E-state index < -0.39 is 0 Å². The second-order valence-electron chi connectivity index (χ2n) is 3.77. The number of benzene rings is 1. The number of carbonyl (C=O) groups excluding carboxylic acids is 1. The monoisotopic (exact) mass is 227 g/mol. The van der Waals surface area contributed by atoms with Gasteiger partial charge in [-0.1, -0.05) is 6.07 Å². The highest BCUT2D eigenvalue weighted by molar-refractivity contribution is 5.81. The first-order chi connectivity index (χ1) is 8.24. The van der Waals surface area contributed by atoms with Gasteiger partial charge in [0, 0.05) is 28.6 Å². The fourth-order valence-corrected chi connectivity index (χ4v) is 1.65. The molecule has 0 bridgehead atoms. The van der Waals surface area contributed by atoms with Gasteiger partial charge < -0.3 is 4.74 Å². The zero-order valence-corrected chi connectivity index (χ0v) is 9.81. The van der Waals surface area contributed by atoms with Crippen molar-refractivity contribution in [3.63, 3.8) is 0 Å². The molecule has 0 aliphatic rings. The Morgan fingerprint density at radius 3 is 2.65 bits per heavy atom. The zero-order valence-electron chi connectivity index (χ0n) is 9.81. The second-order valence-corrected chi connectivity index (χ2v) is 3.77. The van der Waals surface area contributed by atoms with Gasteiger partial charge in [-0.15, -0.1) is 0 Å². The third-order valence-electron chi connectivity index (χ3n) is 2.58. The second kappa shape index (κ2) is 4.78. The molecule has 1 aromatic heterocycles. The molecule has 3 nitrogen and oxygen atoms in total. The Morgan fingerprint density at radius 1 is 1.24 bits per heavy atom. The maximum absolute atomic E-state index is 10.8. The molecule has 86 valence electrons. The summed E-state index contributed by atoms with van der Waals surface area (Å²) in [4.78, 5) is 15.0. The molecule has 0 atom stereocenters. The molecule has 0 aliphatic heterocycles. The molecule has 1 aromatic carbocycles. The van der Waals surface area contributed by atoms with Crippen molar-refractivity contribution in [1.29, 1.82) is 0 Å². The van der Waals surface area contributed by atoms with E-state index in [4.69, 9.17) is 4.74 Å². The topological polar surface area (TPSA) is 39.2 Å². The Bertz CT molecular complexity index is 532. The molecular weight excluding hydrogens is 214 g/mol. The third kappa shape index (κ3) is 2.33. The zero-order chi connectivity index (χ0) is 12.3. The summed E-state index contributed by atoms with van der Waals surface area (Å²) in [5, 5.41) is 0. The van der Waals surface area contributed by atoms with Gasteiger partial charge in [-0.3, -0.25) is 9.78 Å². The van der Waals surface area contributed by atoms with E-state index in [0.717, 1.165) is 28.9 Å². The van der Waals surface area contributed by atoms with Gasteiger partial charge in [0.15, 0.2) is 0 Å². The molecule has 0 radical (unpaired) electrons. The number of hydrogen-bond acceptors (Lipinski definition) is 3. The molecule has 0 unspecified atom stereocenters. The Morgan fingerprint density at radius 2 is 2.06 bits per heavy atom. The van der Waals surface area contributed by atoms with Crippen molar-refractivity contribution in [1.82, 2.24) is 4.98 Å².